The van der Waals surface area contributed by atoms with Gasteiger partial charge in [0.05, 0.1) is 0 Å². The third-order valence-electron chi connectivity index (χ3n) is 3.62. The molecule has 17 heavy (non-hydrogen) atoms. The minimum absolute atomic E-state index is 0.318. The van der Waals surface area contributed by atoms with Gasteiger partial charge in [-0.1, -0.05) is 12.8 Å². The van der Waals surface area contributed by atoms with Gasteiger partial charge >= 0.3 is 0 Å². The lowest BCUT2D eigenvalue weighted by Crippen LogP contribution is -2.41. The van der Waals surface area contributed by atoms with Crippen LogP contribution in [0.1, 0.15) is 43.5 Å². The van der Waals surface area contributed by atoms with E-state index in [1.807, 2.05) is 0 Å². The summed E-state index contributed by atoms with van der Waals surface area (Å²) in [6.07, 6.45) is 4.91. The lowest BCUT2D eigenvalue weighted by molar-refractivity contribution is 0.147. The van der Waals surface area contributed by atoms with E-state index in [1.165, 1.54) is 24.1 Å². The minimum atomic E-state index is 0.318. The quantitative estimate of drug-likeness (QED) is 0.887. The summed E-state index contributed by atoms with van der Waals surface area (Å²) in [7, 11) is 0. The molecule has 2 N–H and O–H groups in total. The number of aliphatic hydroxyl groups excluding tert-OH is 1. The summed E-state index contributed by atoms with van der Waals surface area (Å²) in [6.45, 7) is 2.53. The van der Waals surface area contributed by atoms with E-state index >= 15 is 0 Å². The number of aliphatic hydroxyl groups is 1. The highest BCUT2D eigenvalue weighted by Gasteiger charge is 2.25. The molecule has 3 atom stereocenters. The van der Waals surface area contributed by atoms with Crippen LogP contribution in [0.25, 0.3) is 0 Å². The summed E-state index contributed by atoms with van der Waals surface area (Å²) in [5.41, 5.74) is 0. The van der Waals surface area contributed by atoms with E-state index < -0.39 is 0 Å². The average molecular weight is 318 g/mol. The zero-order valence-electron chi connectivity index (χ0n) is 10.2. The summed E-state index contributed by atoms with van der Waals surface area (Å²) >= 11 is 5.28. The summed E-state index contributed by atoms with van der Waals surface area (Å²) in [4.78, 5) is 1.36. The average Bonchev–Trinajstić information content (AvgIpc) is 2.77. The first kappa shape index (κ1) is 13.5. The van der Waals surface area contributed by atoms with Gasteiger partial charge in [-0.2, -0.15) is 0 Å². The first-order valence-electron chi connectivity index (χ1n) is 6.31. The molecular formula is C13H20BrNOS. The van der Waals surface area contributed by atoms with Crippen molar-refractivity contribution in [2.45, 2.75) is 44.7 Å². The molecule has 96 valence electrons. The predicted octanol–water partition coefficient (Wildman–Crippen LogP) is 3.71. The van der Waals surface area contributed by atoms with Crippen molar-refractivity contribution in [3.8, 4) is 0 Å². The Balaban J connectivity index is 1.94. The second-order valence-electron chi connectivity index (χ2n) is 4.89. The van der Waals surface area contributed by atoms with Crippen molar-refractivity contribution in [2.24, 2.45) is 5.92 Å². The van der Waals surface area contributed by atoms with Gasteiger partial charge in [-0.15, -0.1) is 11.3 Å². The Morgan fingerprint density at radius 3 is 2.94 bits per heavy atom. The highest BCUT2D eigenvalue weighted by atomic mass is 79.9. The maximum absolute atomic E-state index is 9.40. The minimum Gasteiger partial charge on any atom is -0.396 e. The third kappa shape index (κ3) is 3.53. The summed E-state index contributed by atoms with van der Waals surface area (Å²) < 4.78 is 1.16. The van der Waals surface area contributed by atoms with Crippen LogP contribution in [-0.2, 0) is 0 Å². The maximum Gasteiger partial charge on any atom is 0.0474 e. The molecule has 1 aliphatic carbocycles. The van der Waals surface area contributed by atoms with E-state index in [-0.39, 0.29) is 0 Å². The van der Waals surface area contributed by atoms with Crippen LogP contribution in [0.5, 0.6) is 0 Å². The monoisotopic (exact) mass is 317 g/mol. The van der Waals surface area contributed by atoms with Crippen molar-refractivity contribution in [3.05, 3.63) is 20.8 Å². The molecule has 0 bridgehead atoms. The zero-order valence-corrected chi connectivity index (χ0v) is 12.6. The van der Waals surface area contributed by atoms with Gasteiger partial charge in [0.1, 0.15) is 0 Å². The van der Waals surface area contributed by atoms with E-state index in [9.17, 15) is 5.11 Å². The Morgan fingerprint density at radius 1 is 1.53 bits per heavy atom. The Bertz CT molecular complexity index is 355. The maximum atomic E-state index is 9.40. The van der Waals surface area contributed by atoms with Gasteiger partial charge in [0.15, 0.2) is 0 Å². The molecule has 0 spiro atoms. The molecule has 0 radical (unpaired) electrons. The molecule has 1 fully saturated rings. The molecular weight excluding hydrogens is 298 g/mol. The highest BCUT2D eigenvalue weighted by molar-refractivity contribution is 9.10. The first-order chi connectivity index (χ1) is 8.20. The number of nitrogens with one attached hydrogen (secondary N) is 1. The van der Waals surface area contributed by atoms with Crippen molar-refractivity contribution >= 4 is 27.3 Å². The molecule has 2 rings (SSSR count). The number of thiophene rings is 1. The van der Waals surface area contributed by atoms with Crippen molar-refractivity contribution in [2.75, 3.05) is 6.61 Å². The summed E-state index contributed by atoms with van der Waals surface area (Å²) in [5, 5.41) is 15.2. The van der Waals surface area contributed by atoms with Gasteiger partial charge in [-0.25, -0.2) is 0 Å². The number of hydrogen-bond acceptors (Lipinski definition) is 3. The van der Waals surface area contributed by atoms with Crippen molar-refractivity contribution < 1.29 is 5.11 Å². The van der Waals surface area contributed by atoms with Crippen LogP contribution in [0.3, 0.4) is 0 Å². The molecule has 1 aromatic rings. The Morgan fingerprint density at radius 2 is 2.29 bits per heavy atom. The SMILES string of the molecule is CC(NC1CCCCC1CO)c1cc(Br)cs1. The van der Waals surface area contributed by atoms with E-state index in [4.69, 9.17) is 0 Å². The third-order valence-corrected chi connectivity index (χ3v) is 5.50. The molecule has 0 saturated heterocycles. The molecule has 3 unspecified atom stereocenters. The topological polar surface area (TPSA) is 32.3 Å². The molecule has 0 aromatic carbocycles. The van der Waals surface area contributed by atoms with E-state index in [1.54, 1.807) is 11.3 Å². The summed E-state index contributed by atoms with van der Waals surface area (Å²) in [5.74, 6) is 0.439. The molecule has 1 aromatic heterocycles. The number of rotatable bonds is 4. The molecule has 1 aliphatic rings. The van der Waals surface area contributed by atoms with Gasteiger partial charge in [0, 0.05) is 33.4 Å². The fraction of sp³-hybridized carbons (Fsp3) is 0.692. The molecule has 1 saturated carbocycles. The molecule has 2 nitrogen and oxygen atoms in total. The van der Waals surface area contributed by atoms with E-state index in [0.29, 0.717) is 24.6 Å². The van der Waals surface area contributed by atoms with Crippen LogP contribution in [0, 0.1) is 5.92 Å². The Kier molecular flexibility index (Phi) is 5.03. The van der Waals surface area contributed by atoms with Crippen LogP contribution in [0.15, 0.2) is 15.9 Å². The van der Waals surface area contributed by atoms with Gasteiger partial charge in [0.2, 0.25) is 0 Å². The Labute approximate surface area is 116 Å². The summed E-state index contributed by atoms with van der Waals surface area (Å²) in [6, 6.07) is 3.03. The van der Waals surface area contributed by atoms with Crippen LogP contribution in [-0.4, -0.2) is 17.8 Å². The molecule has 4 heteroatoms. The predicted molar refractivity (Wildman–Crippen MR) is 76.4 cm³/mol. The standard InChI is InChI=1S/C13H20BrNOS/c1-9(13-6-11(14)8-17-13)15-12-5-3-2-4-10(12)7-16/h6,8-10,12,15-16H,2-5,7H2,1H3. The smallest absolute Gasteiger partial charge is 0.0474 e. The number of halogens is 1. The highest BCUT2D eigenvalue weighted by Crippen LogP contribution is 2.29. The van der Waals surface area contributed by atoms with Gasteiger partial charge in [-0.3, -0.25) is 0 Å². The number of hydrogen-bond donors (Lipinski definition) is 2. The largest absolute Gasteiger partial charge is 0.396 e. The van der Waals surface area contributed by atoms with Crippen molar-refractivity contribution in [1.29, 1.82) is 0 Å². The van der Waals surface area contributed by atoms with E-state index in [2.05, 4.69) is 39.6 Å². The van der Waals surface area contributed by atoms with Gasteiger partial charge < -0.3 is 10.4 Å². The molecule has 0 amide bonds. The van der Waals surface area contributed by atoms with Crippen LogP contribution >= 0.6 is 27.3 Å². The second-order valence-corrected chi connectivity index (χ2v) is 6.75. The van der Waals surface area contributed by atoms with Gasteiger partial charge in [-0.05, 0) is 47.7 Å². The zero-order chi connectivity index (χ0) is 12.3. The van der Waals surface area contributed by atoms with Crippen LogP contribution in [0.2, 0.25) is 0 Å². The van der Waals surface area contributed by atoms with Crippen LogP contribution < -0.4 is 5.32 Å². The lowest BCUT2D eigenvalue weighted by atomic mass is 9.84. The van der Waals surface area contributed by atoms with Crippen molar-refractivity contribution in [3.63, 3.8) is 0 Å². The van der Waals surface area contributed by atoms with E-state index in [0.717, 1.165) is 10.9 Å². The Hall–Kier alpha value is 0.1000. The normalized spacial score (nSPS) is 27.0. The van der Waals surface area contributed by atoms with Crippen LogP contribution in [0.4, 0.5) is 0 Å². The van der Waals surface area contributed by atoms with Crippen molar-refractivity contribution in [1.82, 2.24) is 5.32 Å². The molecule has 1 heterocycles. The lowest BCUT2D eigenvalue weighted by Gasteiger charge is -2.33. The fourth-order valence-electron chi connectivity index (χ4n) is 2.60. The first-order valence-corrected chi connectivity index (χ1v) is 7.99. The fourth-order valence-corrected chi connectivity index (χ4v) is 4.07. The van der Waals surface area contributed by atoms with Gasteiger partial charge in [0.25, 0.3) is 0 Å². The molecule has 0 aliphatic heterocycles. The second kappa shape index (κ2) is 6.32.